The van der Waals surface area contributed by atoms with Crippen molar-refractivity contribution in [2.45, 2.75) is 83.7 Å². The van der Waals surface area contributed by atoms with Crippen LogP contribution in [-0.2, 0) is 11.3 Å². The third kappa shape index (κ3) is 5.24. The lowest BCUT2D eigenvalue weighted by molar-refractivity contribution is -0.131. The number of amides is 1. The van der Waals surface area contributed by atoms with Gasteiger partial charge in [-0.15, -0.1) is 0 Å². The fourth-order valence-corrected chi connectivity index (χ4v) is 5.47. The average Bonchev–Trinajstić information content (AvgIpc) is 3.08. The van der Waals surface area contributed by atoms with E-state index in [0.717, 1.165) is 42.6 Å². The van der Waals surface area contributed by atoms with Crippen molar-refractivity contribution in [2.24, 2.45) is 10.9 Å². The van der Waals surface area contributed by atoms with Gasteiger partial charge in [0.1, 0.15) is 11.4 Å². The van der Waals surface area contributed by atoms with E-state index in [9.17, 15) is 14.7 Å². The molecule has 1 heterocycles. The molecule has 2 aromatic carbocycles. The Bertz CT molecular complexity index is 1050. The third-order valence-corrected chi connectivity index (χ3v) is 7.32. The van der Waals surface area contributed by atoms with Crippen LogP contribution in [-0.4, -0.2) is 33.3 Å². The third-order valence-electron chi connectivity index (χ3n) is 7.32. The zero-order valence-corrected chi connectivity index (χ0v) is 20.4. The maximum Gasteiger partial charge on any atom is 0.336 e. The molecule has 1 atom stereocenters. The predicted octanol–water partition coefficient (Wildman–Crippen LogP) is 6.71. The van der Waals surface area contributed by atoms with Crippen molar-refractivity contribution < 1.29 is 14.7 Å². The second-order valence-electron chi connectivity index (χ2n) is 10.1. The molecular formula is C29H36N2O3. The van der Waals surface area contributed by atoms with Gasteiger partial charge in [-0.3, -0.25) is 14.7 Å². The lowest BCUT2D eigenvalue weighted by Crippen LogP contribution is -2.41. The van der Waals surface area contributed by atoms with Crippen molar-refractivity contribution >= 4 is 17.7 Å². The molecule has 1 saturated carbocycles. The van der Waals surface area contributed by atoms with Crippen LogP contribution in [0.25, 0.3) is 11.1 Å². The summed E-state index contributed by atoms with van der Waals surface area (Å²) in [6, 6.07) is 14.9. The summed E-state index contributed by atoms with van der Waals surface area (Å²) in [6.45, 7) is 4.70. The van der Waals surface area contributed by atoms with E-state index in [2.05, 4.69) is 6.92 Å². The van der Waals surface area contributed by atoms with Crippen LogP contribution in [0, 0.1) is 5.92 Å². The van der Waals surface area contributed by atoms with Gasteiger partial charge in [0, 0.05) is 6.42 Å². The molecule has 5 nitrogen and oxygen atoms in total. The Morgan fingerprint density at radius 2 is 1.79 bits per heavy atom. The van der Waals surface area contributed by atoms with E-state index in [1.54, 1.807) is 12.1 Å². The topological polar surface area (TPSA) is 70.0 Å². The first-order valence-corrected chi connectivity index (χ1v) is 12.7. The number of carbonyl (C=O) groups excluding carboxylic acids is 1. The Hall–Kier alpha value is -2.95. The first-order valence-electron chi connectivity index (χ1n) is 12.7. The summed E-state index contributed by atoms with van der Waals surface area (Å²) in [5.74, 6) is 0.707. The number of nitrogens with zero attached hydrogens (tertiary/aromatic N) is 2. The summed E-state index contributed by atoms with van der Waals surface area (Å²) in [5, 5.41) is 9.51. The molecular weight excluding hydrogens is 424 g/mol. The van der Waals surface area contributed by atoms with Gasteiger partial charge in [-0.05, 0) is 48.4 Å². The summed E-state index contributed by atoms with van der Waals surface area (Å²) < 4.78 is 0. The minimum Gasteiger partial charge on any atom is -0.478 e. The van der Waals surface area contributed by atoms with Crippen LogP contribution in [0.5, 0.6) is 0 Å². The Kier molecular flexibility index (Phi) is 7.50. The molecule has 5 heteroatoms. The summed E-state index contributed by atoms with van der Waals surface area (Å²) in [4.78, 5) is 32.2. The van der Waals surface area contributed by atoms with Gasteiger partial charge in [-0.1, -0.05) is 87.9 Å². The summed E-state index contributed by atoms with van der Waals surface area (Å²) in [6.07, 6.45) is 10.0. The molecule has 1 aliphatic heterocycles. The SMILES string of the molecule is CCCCC1=N[C@](C)(CC2CCCCC2)C(=O)N1Cc1ccc(-c2ccccc2C(=O)O)cc1. The zero-order chi connectivity index (χ0) is 24.1. The van der Waals surface area contributed by atoms with Crippen LogP contribution in [0.3, 0.4) is 0 Å². The number of benzene rings is 2. The fraction of sp³-hybridized carbons (Fsp3) is 0.483. The number of amidine groups is 1. The highest BCUT2D eigenvalue weighted by Gasteiger charge is 2.45. The van der Waals surface area contributed by atoms with Gasteiger partial charge in [0.15, 0.2) is 0 Å². The highest BCUT2D eigenvalue weighted by atomic mass is 16.4. The lowest BCUT2D eigenvalue weighted by Gasteiger charge is -2.29. The summed E-state index contributed by atoms with van der Waals surface area (Å²) in [7, 11) is 0. The number of aliphatic imine (C=N–C) groups is 1. The number of unbranched alkanes of at least 4 members (excludes halogenated alkanes) is 1. The van der Waals surface area contributed by atoms with Crippen molar-refractivity contribution in [1.82, 2.24) is 4.90 Å². The molecule has 0 unspecified atom stereocenters. The highest BCUT2D eigenvalue weighted by Crippen LogP contribution is 2.37. The van der Waals surface area contributed by atoms with Crippen molar-refractivity contribution in [2.75, 3.05) is 0 Å². The van der Waals surface area contributed by atoms with Crippen LogP contribution >= 0.6 is 0 Å². The normalized spacial score (nSPS) is 21.1. The van der Waals surface area contributed by atoms with E-state index in [4.69, 9.17) is 4.99 Å². The zero-order valence-electron chi connectivity index (χ0n) is 20.4. The van der Waals surface area contributed by atoms with Crippen molar-refractivity contribution in [3.8, 4) is 11.1 Å². The molecule has 34 heavy (non-hydrogen) atoms. The van der Waals surface area contributed by atoms with Crippen molar-refractivity contribution in [1.29, 1.82) is 0 Å². The Labute approximate surface area is 202 Å². The first-order chi connectivity index (χ1) is 16.4. The maximum atomic E-state index is 13.6. The second kappa shape index (κ2) is 10.5. The molecule has 0 spiro atoms. The summed E-state index contributed by atoms with van der Waals surface area (Å²) >= 11 is 0. The molecule has 0 saturated heterocycles. The van der Waals surface area contributed by atoms with Crippen LogP contribution in [0.2, 0.25) is 0 Å². The van der Waals surface area contributed by atoms with Gasteiger partial charge in [0.2, 0.25) is 0 Å². The van der Waals surface area contributed by atoms with Crippen LogP contribution in [0.15, 0.2) is 53.5 Å². The number of hydrogen-bond acceptors (Lipinski definition) is 3. The maximum absolute atomic E-state index is 13.6. The minimum atomic E-state index is -0.934. The molecule has 1 fully saturated rings. The molecule has 4 rings (SSSR count). The minimum absolute atomic E-state index is 0.129. The van der Waals surface area contributed by atoms with Gasteiger partial charge in [0.25, 0.3) is 5.91 Å². The van der Waals surface area contributed by atoms with Crippen LogP contribution in [0.4, 0.5) is 0 Å². The lowest BCUT2D eigenvalue weighted by atomic mass is 9.80. The Morgan fingerprint density at radius 1 is 1.09 bits per heavy atom. The molecule has 0 bridgehead atoms. The number of aromatic carboxylic acids is 1. The second-order valence-corrected chi connectivity index (χ2v) is 10.1. The van der Waals surface area contributed by atoms with E-state index in [1.807, 2.05) is 48.2 Å². The molecule has 0 aromatic heterocycles. The summed E-state index contributed by atoms with van der Waals surface area (Å²) in [5.41, 5.74) is 2.22. The quantitative estimate of drug-likeness (QED) is 0.452. The molecule has 1 N–H and O–H groups in total. The molecule has 1 amide bonds. The van der Waals surface area contributed by atoms with Gasteiger partial charge >= 0.3 is 5.97 Å². The first kappa shape index (κ1) is 24.2. The van der Waals surface area contributed by atoms with Crippen molar-refractivity contribution in [3.05, 3.63) is 59.7 Å². The van der Waals surface area contributed by atoms with Crippen LogP contribution in [0.1, 0.15) is 87.6 Å². The number of hydrogen-bond donors (Lipinski definition) is 1. The largest absolute Gasteiger partial charge is 0.478 e. The van der Waals surface area contributed by atoms with Crippen LogP contribution < -0.4 is 0 Å². The van der Waals surface area contributed by atoms with E-state index in [0.29, 0.717) is 18.0 Å². The van der Waals surface area contributed by atoms with Gasteiger partial charge in [-0.2, -0.15) is 0 Å². The van der Waals surface area contributed by atoms with E-state index >= 15 is 0 Å². The average molecular weight is 461 g/mol. The smallest absolute Gasteiger partial charge is 0.336 e. The number of carboxylic acids is 1. The Morgan fingerprint density at radius 3 is 2.47 bits per heavy atom. The van der Waals surface area contributed by atoms with Gasteiger partial charge < -0.3 is 5.11 Å². The Balaban J connectivity index is 1.53. The number of carboxylic acid groups (broad SMARTS) is 1. The van der Waals surface area contributed by atoms with E-state index < -0.39 is 11.5 Å². The fourth-order valence-electron chi connectivity index (χ4n) is 5.47. The standard InChI is InChI=1S/C29H36N2O3/c1-3-4-14-26-30-29(2,19-21-10-6-5-7-11-21)28(34)31(26)20-22-15-17-23(18-16-22)24-12-8-9-13-25(24)27(32)33/h8-9,12-13,15-18,21H,3-7,10-11,14,19-20H2,1-2H3,(H,32,33)/t29-/m1/s1. The molecule has 2 aromatic rings. The molecule has 2 aliphatic rings. The van der Waals surface area contributed by atoms with Gasteiger partial charge in [0.05, 0.1) is 12.1 Å². The van der Waals surface area contributed by atoms with E-state index in [-0.39, 0.29) is 11.5 Å². The number of carbonyl (C=O) groups is 2. The predicted molar refractivity (Wildman–Crippen MR) is 136 cm³/mol. The highest BCUT2D eigenvalue weighted by molar-refractivity contribution is 6.08. The number of rotatable bonds is 9. The van der Waals surface area contributed by atoms with Crippen molar-refractivity contribution in [3.63, 3.8) is 0 Å². The molecule has 180 valence electrons. The van der Waals surface area contributed by atoms with E-state index in [1.165, 1.54) is 32.1 Å². The van der Waals surface area contributed by atoms with Gasteiger partial charge in [-0.25, -0.2) is 4.79 Å². The monoisotopic (exact) mass is 460 g/mol. The molecule has 1 aliphatic carbocycles. The molecule has 0 radical (unpaired) electrons.